The second-order valence-electron chi connectivity index (χ2n) is 9.58. The average molecular weight is 458 g/mol. The number of halogens is 1. The number of anilines is 1. The van der Waals surface area contributed by atoms with Crippen LogP contribution in [0.1, 0.15) is 79.3 Å². The summed E-state index contributed by atoms with van der Waals surface area (Å²) in [6.45, 7) is 10.5. The van der Waals surface area contributed by atoms with Crippen LogP contribution in [-0.4, -0.2) is 32.4 Å². The standard InChI is InChI=1S/C26H32FNO5/c1-7-32-24(30)17-9-8-16(12-21(17)27)28-23(29)18-13-19-20(14-22(18)33-15-31-6)26(4,5)11-10-25(19,2)3/h8-9,12-14H,7,10-11,15H2,1-6H3,(H,28,29). The second-order valence-corrected chi connectivity index (χ2v) is 9.58. The van der Waals surface area contributed by atoms with Gasteiger partial charge in [-0.3, -0.25) is 4.79 Å². The Morgan fingerprint density at radius 1 is 1.00 bits per heavy atom. The zero-order valence-corrected chi connectivity index (χ0v) is 20.1. The van der Waals surface area contributed by atoms with Crippen LogP contribution in [0.4, 0.5) is 10.1 Å². The number of rotatable bonds is 7. The molecule has 2 aromatic carbocycles. The van der Waals surface area contributed by atoms with Crippen molar-refractivity contribution in [1.82, 2.24) is 0 Å². The largest absolute Gasteiger partial charge is 0.467 e. The third-order valence-electron chi connectivity index (χ3n) is 6.25. The van der Waals surface area contributed by atoms with Gasteiger partial charge in [0.05, 0.1) is 17.7 Å². The van der Waals surface area contributed by atoms with E-state index in [1.807, 2.05) is 12.1 Å². The van der Waals surface area contributed by atoms with Gasteiger partial charge in [-0.15, -0.1) is 0 Å². The maximum atomic E-state index is 14.4. The smallest absolute Gasteiger partial charge is 0.341 e. The molecular formula is C26H32FNO5. The van der Waals surface area contributed by atoms with Crippen molar-refractivity contribution < 1.29 is 28.2 Å². The van der Waals surface area contributed by atoms with Crippen molar-refractivity contribution in [2.45, 2.75) is 58.3 Å². The molecule has 0 aromatic heterocycles. The molecule has 0 atom stereocenters. The summed E-state index contributed by atoms with van der Waals surface area (Å²) in [4.78, 5) is 25.1. The van der Waals surface area contributed by atoms with Gasteiger partial charge in [-0.05, 0) is 72.1 Å². The van der Waals surface area contributed by atoms with Crippen LogP contribution in [0.25, 0.3) is 0 Å². The number of esters is 1. The molecule has 0 aliphatic heterocycles. The van der Waals surface area contributed by atoms with Crippen LogP contribution < -0.4 is 10.1 Å². The van der Waals surface area contributed by atoms with Gasteiger partial charge >= 0.3 is 5.97 Å². The van der Waals surface area contributed by atoms with Crippen molar-refractivity contribution in [3.05, 3.63) is 58.4 Å². The molecule has 6 nitrogen and oxygen atoms in total. The fourth-order valence-electron chi connectivity index (χ4n) is 4.18. The Balaban J connectivity index is 1.98. The predicted molar refractivity (Wildman–Crippen MR) is 125 cm³/mol. The first-order valence-electron chi connectivity index (χ1n) is 11.1. The van der Waals surface area contributed by atoms with Crippen molar-refractivity contribution in [3.8, 4) is 5.75 Å². The molecule has 0 radical (unpaired) electrons. The third kappa shape index (κ3) is 5.19. The van der Waals surface area contributed by atoms with Crippen molar-refractivity contribution in [3.63, 3.8) is 0 Å². The third-order valence-corrected chi connectivity index (χ3v) is 6.25. The molecule has 0 fully saturated rings. The highest BCUT2D eigenvalue weighted by Gasteiger charge is 2.38. The van der Waals surface area contributed by atoms with Crippen LogP contribution in [-0.2, 0) is 20.3 Å². The summed E-state index contributed by atoms with van der Waals surface area (Å²) in [5.74, 6) is -1.55. The van der Waals surface area contributed by atoms with Gasteiger partial charge in [-0.2, -0.15) is 0 Å². The van der Waals surface area contributed by atoms with Crippen molar-refractivity contribution in [2.75, 3.05) is 25.8 Å². The number of hydrogen-bond acceptors (Lipinski definition) is 5. The molecule has 0 saturated heterocycles. The topological polar surface area (TPSA) is 73.9 Å². The maximum absolute atomic E-state index is 14.4. The van der Waals surface area contributed by atoms with Gasteiger partial charge in [-0.1, -0.05) is 27.7 Å². The lowest BCUT2D eigenvalue weighted by atomic mass is 9.63. The van der Waals surface area contributed by atoms with Gasteiger partial charge in [0.25, 0.3) is 5.91 Å². The zero-order valence-electron chi connectivity index (χ0n) is 20.1. The number of benzene rings is 2. The van der Waals surface area contributed by atoms with E-state index in [-0.39, 0.29) is 35.5 Å². The first kappa shape index (κ1) is 24.7. The molecule has 1 aliphatic carbocycles. The second kappa shape index (κ2) is 9.51. The predicted octanol–water partition coefficient (Wildman–Crippen LogP) is 5.59. The van der Waals surface area contributed by atoms with Gasteiger partial charge in [0.2, 0.25) is 0 Å². The molecule has 3 rings (SSSR count). The normalized spacial score (nSPS) is 16.0. The van der Waals surface area contributed by atoms with Gasteiger partial charge in [-0.25, -0.2) is 9.18 Å². The molecule has 2 aromatic rings. The minimum absolute atomic E-state index is 0.00818. The minimum atomic E-state index is -0.768. The Bertz CT molecular complexity index is 1060. The van der Waals surface area contributed by atoms with E-state index in [1.165, 1.54) is 19.2 Å². The van der Waals surface area contributed by atoms with Gasteiger partial charge in [0.15, 0.2) is 6.79 Å². The maximum Gasteiger partial charge on any atom is 0.341 e. The highest BCUT2D eigenvalue weighted by atomic mass is 19.1. The van der Waals surface area contributed by atoms with Gasteiger partial charge < -0.3 is 19.5 Å². The number of nitrogens with one attached hydrogen (secondary N) is 1. The first-order chi connectivity index (χ1) is 15.5. The lowest BCUT2D eigenvalue weighted by Crippen LogP contribution is -2.34. The first-order valence-corrected chi connectivity index (χ1v) is 11.1. The molecule has 0 heterocycles. The van der Waals surface area contributed by atoms with Crippen LogP contribution in [0.5, 0.6) is 5.75 Å². The van der Waals surface area contributed by atoms with Crippen LogP contribution in [0, 0.1) is 5.82 Å². The summed E-state index contributed by atoms with van der Waals surface area (Å²) in [6, 6.07) is 7.66. The monoisotopic (exact) mass is 457 g/mol. The lowest BCUT2D eigenvalue weighted by Gasteiger charge is -2.42. The summed E-state index contributed by atoms with van der Waals surface area (Å²) >= 11 is 0. The molecule has 1 amide bonds. The van der Waals surface area contributed by atoms with E-state index in [4.69, 9.17) is 14.2 Å². The summed E-state index contributed by atoms with van der Waals surface area (Å²) in [5.41, 5.74) is 2.46. The van der Waals surface area contributed by atoms with Gasteiger partial charge in [0.1, 0.15) is 11.6 Å². The molecule has 1 N–H and O–H groups in total. The van der Waals surface area contributed by atoms with Gasteiger partial charge in [0, 0.05) is 12.8 Å². The lowest BCUT2D eigenvalue weighted by molar-refractivity contribution is 0.0500. The molecule has 0 unspecified atom stereocenters. The molecule has 1 aliphatic rings. The van der Waals surface area contributed by atoms with Crippen molar-refractivity contribution >= 4 is 17.6 Å². The van der Waals surface area contributed by atoms with E-state index in [2.05, 4.69) is 33.0 Å². The Labute approximate surface area is 194 Å². The number of carbonyl (C=O) groups excluding carboxylic acids is 2. The number of amides is 1. The Kier molecular flexibility index (Phi) is 7.12. The SMILES string of the molecule is CCOC(=O)c1ccc(NC(=O)c2cc3c(cc2OCOC)C(C)(C)CCC3(C)C)cc1F. The van der Waals surface area contributed by atoms with E-state index in [0.717, 1.165) is 30.0 Å². The van der Waals surface area contributed by atoms with E-state index in [9.17, 15) is 14.0 Å². The van der Waals surface area contributed by atoms with E-state index in [1.54, 1.807) is 6.92 Å². The Morgan fingerprint density at radius 2 is 1.64 bits per heavy atom. The molecule has 178 valence electrons. The summed E-state index contributed by atoms with van der Waals surface area (Å²) in [7, 11) is 1.51. The number of ether oxygens (including phenoxy) is 3. The summed E-state index contributed by atoms with van der Waals surface area (Å²) in [6.07, 6.45) is 2.02. The summed E-state index contributed by atoms with van der Waals surface area (Å²) in [5, 5.41) is 2.72. The summed E-state index contributed by atoms with van der Waals surface area (Å²) < 4.78 is 30.1. The van der Waals surface area contributed by atoms with Crippen LogP contribution in [0.15, 0.2) is 30.3 Å². The fourth-order valence-corrected chi connectivity index (χ4v) is 4.18. The van der Waals surface area contributed by atoms with E-state index in [0.29, 0.717) is 11.3 Å². The molecule has 7 heteroatoms. The molecule has 0 bridgehead atoms. The highest BCUT2D eigenvalue weighted by molar-refractivity contribution is 6.06. The van der Waals surface area contributed by atoms with Crippen molar-refractivity contribution in [2.24, 2.45) is 0 Å². The Morgan fingerprint density at radius 3 is 2.21 bits per heavy atom. The highest BCUT2D eigenvalue weighted by Crippen LogP contribution is 2.47. The number of methoxy groups -OCH3 is 1. The minimum Gasteiger partial charge on any atom is -0.467 e. The van der Waals surface area contributed by atoms with Crippen LogP contribution >= 0.6 is 0 Å². The Hall–Kier alpha value is -2.93. The number of carbonyl (C=O) groups is 2. The molecular weight excluding hydrogens is 425 g/mol. The molecule has 0 saturated carbocycles. The molecule has 33 heavy (non-hydrogen) atoms. The van der Waals surface area contributed by atoms with Crippen LogP contribution in [0.3, 0.4) is 0 Å². The van der Waals surface area contributed by atoms with Crippen molar-refractivity contribution in [1.29, 1.82) is 0 Å². The molecule has 0 spiro atoms. The number of fused-ring (bicyclic) bond motifs is 1. The average Bonchev–Trinajstić information content (AvgIpc) is 2.75. The van der Waals surface area contributed by atoms with E-state index >= 15 is 0 Å². The fraction of sp³-hybridized carbons (Fsp3) is 0.462. The van der Waals surface area contributed by atoms with E-state index < -0.39 is 17.7 Å². The number of hydrogen-bond donors (Lipinski definition) is 1. The van der Waals surface area contributed by atoms with Crippen LogP contribution in [0.2, 0.25) is 0 Å². The zero-order chi connectivity index (χ0) is 24.4. The quantitative estimate of drug-likeness (QED) is 0.434.